The third-order valence-corrected chi connectivity index (χ3v) is 7.00. The van der Waals surface area contributed by atoms with E-state index in [1.54, 1.807) is 0 Å². The summed E-state index contributed by atoms with van der Waals surface area (Å²) in [4.78, 5) is 36.8. The van der Waals surface area contributed by atoms with E-state index in [4.69, 9.17) is 4.74 Å². The molecule has 2 amide bonds. The van der Waals surface area contributed by atoms with Crippen LogP contribution in [0.5, 0.6) is 0 Å². The van der Waals surface area contributed by atoms with Crippen LogP contribution in [0.2, 0.25) is 0 Å². The van der Waals surface area contributed by atoms with E-state index < -0.39 is 23.6 Å². The molecule has 4 rings (SSSR count). The molecule has 1 fully saturated rings. The number of carbonyl (C=O) groups excluding carboxylic acids is 2. The Kier molecular flexibility index (Phi) is 7.20. The lowest BCUT2D eigenvalue weighted by Gasteiger charge is -2.38. The van der Waals surface area contributed by atoms with Crippen LogP contribution in [0.15, 0.2) is 48.5 Å². The largest absolute Gasteiger partial charge is 0.480 e. The van der Waals surface area contributed by atoms with Crippen molar-refractivity contribution in [1.29, 1.82) is 0 Å². The van der Waals surface area contributed by atoms with Gasteiger partial charge in [0.25, 0.3) is 0 Å². The molecule has 0 aliphatic heterocycles. The molecule has 1 unspecified atom stereocenters. The molecule has 0 bridgehead atoms. The van der Waals surface area contributed by atoms with Crippen LogP contribution in [0, 0.1) is 0 Å². The van der Waals surface area contributed by atoms with Gasteiger partial charge in [-0.1, -0.05) is 68.3 Å². The van der Waals surface area contributed by atoms with Crippen LogP contribution in [-0.4, -0.2) is 41.3 Å². The Hall–Kier alpha value is -3.35. The molecule has 3 N–H and O–H groups in total. The van der Waals surface area contributed by atoms with Crippen LogP contribution in [0.25, 0.3) is 11.1 Å². The van der Waals surface area contributed by atoms with Crippen molar-refractivity contribution in [1.82, 2.24) is 10.6 Å². The number of rotatable bonds is 10. The fourth-order valence-electron chi connectivity index (χ4n) is 4.95. The number of nitrogens with one attached hydrogen (secondary N) is 2. The highest BCUT2D eigenvalue weighted by molar-refractivity contribution is 5.88. The van der Waals surface area contributed by atoms with E-state index in [1.165, 1.54) is 0 Å². The zero-order chi connectivity index (χ0) is 24.1. The van der Waals surface area contributed by atoms with E-state index >= 15 is 0 Å². The Bertz CT molecular complexity index is 1020. The summed E-state index contributed by atoms with van der Waals surface area (Å²) in [6, 6.07) is 15.9. The van der Waals surface area contributed by atoms with Gasteiger partial charge in [0.05, 0.1) is 0 Å². The highest BCUT2D eigenvalue weighted by Crippen LogP contribution is 2.44. The highest BCUT2D eigenvalue weighted by atomic mass is 16.5. The number of unbranched alkanes of at least 4 members (excludes halogenated alkanes) is 1. The summed E-state index contributed by atoms with van der Waals surface area (Å²) in [5.41, 5.74) is 3.44. The van der Waals surface area contributed by atoms with Gasteiger partial charge in [0.2, 0.25) is 5.91 Å². The molecule has 0 heterocycles. The summed E-state index contributed by atoms with van der Waals surface area (Å²) in [5, 5.41) is 15.0. The summed E-state index contributed by atoms with van der Waals surface area (Å²) >= 11 is 0. The van der Waals surface area contributed by atoms with E-state index in [1.807, 2.05) is 31.2 Å². The second-order valence-corrected chi connectivity index (χ2v) is 9.30. The van der Waals surface area contributed by atoms with E-state index in [2.05, 4.69) is 34.9 Å². The van der Waals surface area contributed by atoms with Crippen LogP contribution in [0.3, 0.4) is 0 Å². The maximum Gasteiger partial charge on any atom is 0.407 e. The topological polar surface area (TPSA) is 105 Å². The van der Waals surface area contributed by atoms with Crippen molar-refractivity contribution >= 4 is 18.0 Å². The quantitative estimate of drug-likeness (QED) is 0.477. The van der Waals surface area contributed by atoms with Gasteiger partial charge < -0.3 is 20.5 Å². The smallest absolute Gasteiger partial charge is 0.407 e. The Labute approximate surface area is 199 Å². The summed E-state index contributed by atoms with van der Waals surface area (Å²) in [7, 11) is 0. The second-order valence-electron chi connectivity index (χ2n) is 9.30. The molecule has 7 nitrogen and oxygen atoms in total. The summed E-state index contributed by atoms with van der Waals surface area (Å²) in [6.45, 7) is 2.24. The molecule has 34 heavy (non-hydrogen) atoms. The summed E-state index contributed by atoms with van der Waals surface area (Å²) < 4.78 is 5.63. The monoisotopic (exact) mass is 464 g/mol. The number of hydrogen-bond acceptors (Lipinski definition) is 4. The Morgan fingerprint density at radius 2 is 1.68 bits per heavy atom. The van der Waals surface area contributed by atoms with Crippen LogP contribution >= 0.6 is 0 Å². The standard InChI is InChI=1S/C27H32N2O5/c1-2-3-9-18(16-24(30)29-27(25(31)32)14-8-15-27)28-26(33)34-17-23-21-12-6-4-10-19(21)20-11-5-7-13-22(20)23/h4-7,10-13,18,23H,2-3,8-9,14-17H2,1H3,(H,28,33)(H,29,30)(H,31,32). The van der Waals surface area contributed by atoms with Gasteiger partial charge in [-0.2, -0.15) is 0 Å². The van der Waals surface area contributed by atoms with Crippen LogP contribution in [-0.2, 0) is 14.3 Å². The zero-order valence-electron chi connectivity index (χ0n) is 19.5. The average Bonchev–Trinajstić information content (AvgIpc) is 3.12. The first-order chi connectivity index (χ1) is 16.4. The number of benzene rings is 2. The number of carbonyl (C=O) groups is 3. The second kappa shape index (κ2) is 10.3. The van der Waals surface area contributed by atoms with Gasteiger partial charge in [-0.15, -0.1) is 0 Å². The Morgan fingerprint density at radius 1 is 1.06 bits per heavy atom. The van der Waals surface area contributed by atoms with Gasteiger partial charge in [0, 0.05) is 18.4 Å². The molecule has 2 aromatic carbocycles. The molecule has 2 aliphatic rings. The van der Waals surface area contributed by atoms with Crippen molar-refractivity contribution in [2.24, 2.45) is 0 Å². The van der Waals surface area contributed by atoms with Gasteiger partial charge in [-0.3, -0.25) is 4.79 Å². The molecule has 0 saturated heterocycles. The van der Waals surface area contributed by atoms with Gasteiger partial charge in [-0.25, -0.2) is 9.59 Å². The van der Waals surface area contributed by atoms with Gasteiger partial charge in [0.15, 0.2) is 0 Å². The minimum Gasteiger partial charge on any atom is -0.480 e. The van der Waals surface area contributed by atoms with Crippen molar-refractivity contribution < 1.29 is 24.2 Å². The minimum atomic E-state index is -1.16. The lowest BCUT2D eigenvalue weighted by Crippen LogP contribution is -2.59. The van der Waals surface area contributed by atoms with Gasteiger partial charge >= 0.3 is 12.1 Å². The molecule has 180 valence electrons. The van der Waals surface area contributed by atoms with Crippen molar-refractivity contribution in [2.45, 2.75) is 69.4 Å². The van der Waals surface area contributed by atoms with Crippen LogP contribution in [0.1, 0.15) is 68.9 Å². The highest BCUT2D eigenvalue weighted by Gasteiger charge is 2.45. The van der Waals surface area contributed by atoms with Crippen LogP contribution < -0.4 is 10.6 Å². The van der Waals surface area contributed by atoms with E-state index in [-0.39, 0.29) is 24.9 Å². The molecule has 7 heteroatoms. The zero-order valence-corrected chi connectivity index (χ0v) is 19.5. The third kappa shape index (κ3) is 4.93. The van der Waals surface area contributed by atoms with E-state index in [9.17, 15) is 19.5 Å². The first-order valence-electron chi connectivity index (χ1n) is 12.1. The van der Waals surface area contributed by atoms with Crippen molar-refractivity contribution in [3.05, 3.63) is 59.7 Å². The number of carboxylic acid groups (broad SMARTS) is 1. The molecule has 2 aromatic rings. The minimum absolute atomic E-state index is 0.0270. The summed E-state index contributed by atoms with van der Waals surface area (Å²) in [6.07, 6.45) is 3.50. The number of fused-ring (bicyclic) bond motifs is 3. The van der Waals surface area contributed by atoms with Crippen molar-refractivity contribution in [2.75, 3.05) is 6.61 Å². The fraction of sp³-hybridized carbons (Fsp3) is 0.444. The first kappa shape index (κ1) is 23.8. The SMILES string of the molecule is CCCCC(CC(=O)NC1(C(=O)O)CCC1)NC(=O)OCC1c2ccccc2-c2ccccc21. The normalized spacial score (nSPS) is 16.5. The molecule has 0 aromatic heterocycles. The molecule has 0 spiro atoms. The van der Waals surface area contributed by atoms with Gasteiger partial charge in [0.1, 0.15) is 12.1 Å². The molecule has 1 atom stereocenters. The predicted molar refractivity (Wildman–Crippen MR) is 128 cm³/mol. The average molecular weight is 465 g/mol. The van der Waals surface area contributed by atoms with Crippen LogP contribution in [0.4, 0.5) is 4.79 Å². The molecule has 0 radical (unpaired) electrons. The Morgan fingerprint density at radius 3 is 2.21 bits per heavy atom. The van der Waals surface area contributed by atoms with E-state index in [0.29, 0.717) is 19.3 Å². The number of amides is 2. The van der Waals surface area contributed by atoms with Gasteiger partial charge in [-0.05, 0) is 47.9 Å². The number of alkyl carbamates (subject to hydrolysis) is 1. The first-order valence-corrected chi connectivity index (χ1v) is 12.1. The lowest BCUT2D eigenvalue weighted by molar-refractivity contribution is -0.151. The Balaban J connectivity index is 1.36. The maximum atomic E-state index is 12.7. The molecular formula is C27H32N2O5. The molecule has 1 saturated carbocycles. The van der Waals surface area contributed by atoms with Crippen molar-refractivity contribution in [3.8, 4) is 11.1 Å². The number of hydrogen-bond donors (Lipinski definition) is 3. The number of ether oxygens (including phenoxy) is 1. The summed E-state index contributed by atoms with van der Waals surface area (Å²) in [5.74, 6) is -1.39. The predicted octanol–water partition coefficient (Wildman–Crippen LogP) is 4.60. The number of aliphatic carboxylic acids is 1. The fourth-order valence-corrected chi connectivity index (χ4v) is 4.95. The molecular weight excluding hydrogens is 432 g/mol. The van der Waals surface area contributed by atoms with Crippen molar-refractivity contribution in [3.63, 3.8) is 0 Å². The molecule has 2 aliphatic carbocycles. The van der Waals surface area contributed by atoms with E-state index in [0.717, 1.165) is 41.5 Å². The lowest BCUT2D eigenvalue weighted by atomic mass is 9.76. The third-order valence-electron chi connectivity index (χ3n) is 7.00. The maximum absolute atomic E-state index is 12.7. The number of carboxylic acids is 1.